The summed E-state index contributed by atoms with van der Waals surface area (Å²) in [5.41, 5.74) is 0.511. The van der Waals surface area contributed by atoms with Crippen LogP contribution in [0.5, 0.6) is 5.88 Å². The number of amides is 1. The summed E-state index contributed by atoms with van der Waals surface area (Å²) in [6.07, 6.45) is 6.18. The lowest BCUT2D eigenvalue weighted by atomic mass is 10.2. The normalized spacial score (nSPS) is 16.1. The van der Waals surface area contributed by atoms with Crippen molar-refractivity contribution in [1.82, 2.24) is 10.3 Å². The first-order chi connectivity index (χ1) is 7.81. The number of carbonyl (C=O) groups excluding carboxylic acids is 1. The minimum Gasteiger partial charge on any atom is -0.480 e. The Balaban J connectivity index is 2.07. The first-order valence-corrected chi connectivity index (χ1v) is 5.61. The molecule has 0 aromatic carbocycles. The van der Waals surface area contributed by atoms with Gasteiger partial charge in [-0.3, -0.25) is 4.79 Å². The summed E-state index contributed by atoms with van der Waals surface area (Å²) in [6.45, 7) is 0. The van der Waals surface area contributed by atoms with E-state index < -0.39 is 0 Å². The molecule has 2 rings (SSSR count). The van der Waals surface area contributed by atoms with E-state index in [1.165, 1.54) is 20.0 Å². The molecular formula is C12H16N2O2. The minimum atomic E-state index is -0.0862. The predicted molar refractivity (Wildman–Crippen MR) is 60.5 cm³/mol. The lowest BCUT2D eigenvalue weighted by Crippen LogP contribution is -2.32. The Hall–Kier alpha value is -1.58. The zero-order valence-corrected chi connectivity index (χ0v) is 9.40. The molecule has 0 atom stereocenters. The van der Waals surface area contributed by atoms with Crippen molar-refractivity contribution in [2.75, 3.05) is 7.11 Å². The molecule has 1 aromatic rings. The van der Waals surface area contributed by atoms with E-state index in [0.717, 1.165) is 12.8 Å². The van der Waals surface area contributed by atoms with E-state index in [-0.39, 0.29) is 5.91 Å². The molecule has 1 saturated carbocycles. The molecule has 16 heavy (non-hydrogen) atoms. The van der Waals surface area contributed by atoms with Gasteiger partial charge in [0.25, 0.3) is 5.91 Å². The first-order valence-electron chi connectivity index (χ1n) is 5.61. The number of aromatic nitrogens is 1. The number of carbonyl (C=O) groups is 1. The predicted octanol–water partition coefficient (Wildman–Crippen LogP) is 1.76. The molecule has 1 aromatic heterocycles. The van der Waals surface area contributed by atoms with Crippen LogP contribution in [0.2, 0.25) is 0 Å². The maximum absolute atomic E-state index is 11.9. The van der Waals surface area contributed by atoms with Crippen molar-refractivity contribution in [3.8, 4) is 5.88 Å². The minimum absolute atomic E-state index is 0.0862. The largest absolute Gasteiger partial charge is 0.480 e. The van der Waals surface area contributed by atoms with Crippen LogP contribution in [0.3, 0.4) is 0 Å². The van der Waals surface area contributed by atoms with Crippen molar-refractivity contribution < 1.29 is 9.53 Å². The molecule has 4 heteroatoms. The smallest absolute Gasteiger partial charge is 0.256 e. The quantitative estimate of drug-likeness (QED) is 0.844. The van der Waals surface area contributed by atoms with Gasteiger partial charge in [-0.1, -0.05) is 12.8 Å². The Bertz CT molecular complexity index is 373. The summed E-state index contributed by atoms with van der Waals surface area (Å²) in [5, 5.41) is 3.01. The van der Waals surface area contributed by atoms with E-state index in [1.54, 1.807) is 18.3 Å². The monoisotopic (exact) mass is 220 g/mol. The van der Waals surface area contributed by atoms with E-state index in [9.17, 15) is 4.79 Å². The highest BCUT2D eigenvalue weighted by molar-refractivity contribution is 5.96. The Kier molecular flexibility index (Phi) is 3.39. The summed E-state index contributed by atoms with van der Waals surface area (Å²) in [5.74, 6) is 0.301. The van der Waals surface area contributed by atoms with Gasteiger partial charge in [-0.2, -0.15) is 0 Å². The van der Waals surface area contributed by atoms with E-state index in [4.69, 9.17) is 4.74 Å². The third kappa shape index (κ3) is 2.32. The lowest BCUT2D eigenvalue weighted by molar-refractivity contribution is 0.0934. The number of methoxy groups -OCH3 is 1. The molecule has 0 unspecified atom stereocenters. The molecule has 0 aliphatic heterocycles. The summed E-state index contributed by atoms with van der Waals surface area (Å²) in [6, 6.07) is 3.79. The topological polar surface area (TPSA) is 51.2 Å². The zero-order valence-electron chi connectivity index (χ0n) is 9.40. The molecule has 1 N–H and O–H groups in total. The van der Waals surface area contributed by atoms with Crippen molar-refractivity contribution in [2.24, 2.45) is 0 Å². The molecule has 1 fully saturated rings. The van der Waals surface area contributed by atoms with Gasteiger partial charge in [0, 0.05) is 12.2 Å². The SMILES string of the molecule is COc1ncccc1C(=O)NC1CCCC1. The average Bonchev–Trinajstić information content (AvgIpc) is 2.81. The Morgan fingerprint density at radius 2 is 2.25 bits per heavy atom. The maximum Gasteiger partial charge on any atom is 0.256 e. The van der Waals surface area contributed by atoms with Crippen molar-refractivity contribution in [2.45, 2.75) is 31.7 Å². The van der Waals surface area contributed by atoms with Crippen LogP contribution in [0.1, 0.15) is 36.0 Å². The molecule has 0 radical (unpaired) electrons. The number of hydrogen-bond acceptors (Lipinski definition) is 3. The Labute approximate surface area is 95.0 Å². The Morgan fingerprint density at radius 3 is 2.94 bits per heavy atom. The van der Waals surface area contributed by atoms with Gasteiger partial charge in [0.05, 0.1) is 7.11 Å². The molecular weight excluding hydrogens is 204 g/mol. The zero-order chi connectivity index (χ0) is 11.4. The summed E-state index contributed by atoms with van der Waals surface area (Å²) >= 11 is 0. The number of ether oxygens (including phenoxy) is 1. The van der Waals surface area contributed by atoms with Gasteiger partial charge in [0.2, 0.25) is 5.88 Å². The van der Waals surface area contributed by atoms with E-state index >= 15 is 0 Å². The van der Waals surface area contributed by atoms with E-state index in [1.807, 2.05) is 0 Å². The molecule has 0 spiro atoms. The second-order valence-corrected chi connectivity index (χ2v) is 4.02. The Morgan fingerprint density at radius 1 is 1.50 bits per heavy atom. The lowest BCUT2D eigenvalue weighted by Gasteiger charge is -2.12. The number of pyridine rings is 1. The second-order valence-electron chi connectivity index (χ2n) is 4.02. The van der Waals surface area contributed by atoms with Crippen LogP contribution in [0.15, 0.2) is 18.3 Å². The van der Waals surface area contributed by atoms with Crippen molar-refractivity contribution >= 4 is 5.91 Å². The van der Waals surface area contributed by atoms with Gasteiger partial charge in [0.15, 0.2) is 0 Å². The molecule has 1 aliphatic rings. The van der Waals surface area contributed by atoms with Crippen LogP contribution in [0.4, 0.5) is 0 Å². The fourth-order valence-corrected chi connectivity index (χ4v) is 2.06. The highest BCUT2D eigenvalue weighted by Crippen LogP contribution is 2.19. The van der Waals surface area contributed by atoms with Gasteiger partial charge in [-0.15, -0.1) is 0 Å². The van der Waals surface area contributed by atoms with Crippen LogP contribution in [0.25, 0.3) is 0 Å². The van der Waals surface area contributed by atoms with Crippen LogP contribution in [-0.2, 0) is 0 Å². The number of rotatable bonds is 3. The molecule has 0 bridgehead atoms. The van der Waals surface area contributed by atoms with E-state index in [0.29, 0.717) is 17.5 Å². The van der Waals surface area contributed by atoms with Gasteiger partial charge in [0.1, 0.15) is 5.56 Å². The van der Waals surface area contributed by atoms with Gasteiger partial charge in [-0.25, -0.2) is 4.98 Å². The molecule has 1 amide bonds. The van der Waals surface area contributed by atoms with Crippen LogP contribution >= 0.6 is 0 Å². The number of nitrogens with one attached hydrogen (secondary N) is 1. The standard InChI is InChI=1S/C12H16N2O2/c1-16-12-10(7-4-8-13-12)11(15)14-9-5-2-3-6-9/h4,7-9H,2-3,5-6H2,1H3,(H,14,15). The third-order valence-electron chi connectivity index (χ3n) is 2.90. The summed E-state index contributed by atoms with van der Waals surface area (Å²) < 4.78 is 5.06. The van der Waals surface area contributed by atoms with Crippen LogP contribution in [0, 0.1) is 0 Å². The maximum atomic E-state index is 11.9. The van der Waals surface area contributed by atoms with Crippen LogP contribution in [-0.4, -0.2) is 24.0 Å². The first kappa shape index (κ1) is 10.9. The van der Waals surface area contributed by atoms with Gasteiger partial charge in [-0.05, 0) is 25.0 Å². The summed E-state index contributed by atoms with van der Waals surface area (Å²) in [7, 11) is 1.52. The average molecular weight is 220 g/mol. The molecule has 0 saturated heterocycles. The van der Waals surface area contributed by atoms with Gasteiger partial charge < -0.3 is 10.1 Å². The molecule has 1 heterocycles. The van der Waals surface area contributed by atoms with Crippen LogP contribution < -0.4 is 10.1 Å². The third-order valence-corrected chi connectivity index (χ3v) is 2.90. The molecule has 86 valence electrons. The van der Waals surface area contributed by atoms with Crippen molar-refractivity contribution in [3.63, 3.8) is 0 Å². The molecule has 1 aliphatic carbocycles. The summed E-state index contributed by atoms with van der Waals surface area (Å²) in [4.78, 5) is 16.0. The fraction of sp³-hybridized carbons (Fsp3) is 0.500. The van der Waals surface area contributed by atoms with Crippen molar-refractivity contribution in [3.05, 3.63) is 23.9 Å². The van der Waals surface area contributed by atoms with Gasteiger partial charge >= 0.3 is 0 Å². The van der Waals surface area contributed by atoms with E-state index in [2.05, 4.69) is 10.3 Å². The fourth-order valence-electron chi connectivity index (χ4n) is 2.06. The highest BCUT2D eigenvalue weighted by atomic mass is 16.5. The molecule has 4 nitrogen and oxygen atoms in total. The number of nitrogens with zero attached hydrogens (tertiary/aromatic N) is 1. The van der Waals surface area contributed by atoms with Crippen molar-refractivity contribution in [1.29, 1.82) is 0 Å². The number of hydrogen-bond donors (Lipinski definition) is 1. The highest BCUT2D eigenvalue weighted by Gasteiger charge is 2.20. The second kappa shape index (κ2) is 4.96.